The quantitative estimate of drug-likeness (QED) is 0.696. The molecule has 0 bridgehead atoms. The third kappa shape index (κ3) is 1.50. The molecular weight excluding hydrogens is 248 g/mol. The Hall–Kier alpha value is -0.520. The van der Waals surface area contributed by atoms with Crippen molar-refractivity contribution in [3.05, 3.63) is 21.6 Å². The molecule has 1 rings (SSSR count). The maximum absolute atomic E-state index is 12.6. The Morgan fingerprint density at radius 3 is 2.80 bits per heavy atom. The van der Waals surface area contributed by atoms with Gasteiger partial charge in [0.05, 0.1) is 5.57 Å². The topological polar surface area (TPSA) is 43.1 Å². The first-order valence-corrected chi connectivity index (χ1v) is 5.02. The molecule has 0 saturated heterocycles. The van der Waals surface area contributed by atoms with E-state index in [-0.39, 0.29) is 26.3 Å². The van der Waals surface area contributed by atoms with E-state index < -0.39 is 11.7 Å². The highest BCUT2D eigenvalue weighted by Gasteiger charge is 2.10. The molecule has 10 heavy (non-hydrogen) atoms. The first kappa shape index (κ1) is 7.59. The van der Waals surface area contributed by atoms with Crippen LogP contribution in [0, 0.1) is 0 Å². The Bertz CT molecular complexity index is 254. The van der Waals surface area contributed by atoms with Crippen LogP contribution < -0.4 is 5.73 Å². The molecular formula is C6H5FINO. The summed E-state index contributed by atoms with van der Waals surface area (Å²) in [5.74, 6) is -1.17. The van der Waals surface area contributed by atoms with Crippen LogP contribution >= 0.6 is 20.7 Å². The minimum atomic E-state index is -0.700. The molecule has 2 N–H and O–H groups in total. The zero-order chi connectivity index (χ0) is 7.56. The highest BCUT2D eigenvalue weighted by molar-refractivity contribution is 14.2. The molecule has 0 spiro atoms. The lowest BCUT2D eigenvalue weighted by Gasteiger charge is -1.99. The summed E-state index contributed by atoms with van der Waals surface area (Å²) in [5.41, 5.74) is 4.85. The highest BCUT2D eigenvalue weighted by atomic mass is 127. The molecule has 0 atom stereocenters. The van der Waals surface area contributed by atoms with Crippen molar-refractivity contribution in [1.29, 1.82) is 0 Å². The fourth-order valence-corrected chi connectivity index (χ4v) is 1.96. The largest absolute Gasteiger partial charge is 0.366 e. The number of nitrogens with two attached hydrogens (primary N) is 1. The fraction of sp³-hybridized carbons (Fsp3) is 0. The second-order valence-electron chi connectivity index (χ2n) is 1.65. The summed E-state index contributed by atoms with van der Waals surface area (Å²) >= 11 is -0.324. The van der Waals surface area contributed by atoms with E-state index in [0.717, 1.165) is 0 Å². The van der Waals surface area contributed by atoms with Crippen molar-refractivity contribution in [2.24, 2.45) is 5.73 Å². The summed E-state index contributed by atoms with van der Waals surface area (Å²) in [6.45, 7) is 0. The van der Waals surface area contributed by atoms with E-state index in [2.05, 4.69) is 0 Å². The van der Waals surface area contributed by atoms with Gasteiger partial charge in [-0.2, -0.15) is 0 Å². The van der Waals surface area contributed by atoms with Crippen LogP contribution in [-0.4, -0.2) is 9.92 Å². The van der Waals surface area contributed by atoms with Crippen LogP contribution in [0.15, 0.2) is 21.6 Å². The highest BCUT2D eigenvalue weighted by Crippen LogP contribution is 2.19. The maximum atomic E-state index is 12.6. The predicted molar refractivity (Wildman–Crippen MR) is 46.6 cm³/mol. The van der Waals surface area contributed by atoms with Crippen molar-refractivity contribution in [3.8, 4) is 0 Å². The molecule has 54 valence electrons. The normalized spacial score (nSPS) is 16.9. The van der Waals surface area contributed by atoms with Gasteiger partial charge in [0.2, 0.25) is 0 Å². The van der Waals surface area contributed by atoms with Gasteiger partial charge in [-0.05, 0) is 10.1 Å². The van der Waals surface area contributed by atoms with E-state index in [0.29, 0.717) is 0 Å². The summed E-state index contributed by atoms with van der Waals surface area (Å²) in [6, 6.07) is 0. The standard InChI is InChI=1S/C6H5FINO/c7-5-3-8-2-1-4(5)6(9)10/h1-3H,(H2,9,10). The molecule has 1 aliphatic heterocycles. The van der Waals surface area contributed by atoms with Crippen LogP contribution in [-0.2, 0) is 4.79 Å². The second-order valence-corrected chi connectivity index (χ2v) is 3.71. The third-order valence-corrected chi connectivity index (χ3v) is 2.67. The molecule has 0 aliphatic carbocycles. The van der Waals surface area contributed by atoms with Gasteiger partial charge in [-0.1, -0.05) is 20.7 Å². The first-order valence-electron chi connectivity index (χ1n) is 2.53. The molecule has 0 aromatic heterocycles. The Morgan fingerprint density at radius 1 is 1.70 bits per heavy atom. The van der Waals surface area contributed by atoms with Crippen LogP contribution in [0.3, 0.4) is 0 Å². The number of hydrogen-bond donors (Lipinski definition) is 1. The average molecular weight is 253 g/mol. The van der Waals surface area contributed by atoms with Gasteiger partial charge in [0, 0.05) is 4.08 Å². The summed E-state index contributed by atoms with van der Waals surface area (Å²) in [4.78, 5) is 10.4. The van der Waals surface area contributed by atoms with Gasteiger partial charge >= 0.3 is 0 Å². The van der Waals surface area contributed by atoms with Crippen molar-refractivity contribution in [3.63, 3.8) is 0 Å². The SMILES string of the molecule is NC(=O)C1=CC=IC=C1F. The molecule has 1 heterocycles. The lowest BCUT2D eigenvalue weighted by Crippen LogP contribution is -2.14. The van der Waals surface area contributed by atoms with Crippen molar-refractivity contribution in [1.82, 2.24) is 0 Å². The van der Waals surface area contributed by atoms with Crippen LogP contribution in [0.5, 0.6) is 0 Å². The minimum Gasteiger partial charge on any atom is -0.366 e. The summed E-state index contributed by atoms with van der Waals surface area (Å²) in [5, 5.41) is 0. The van der Waals surface area contributed by atoms with E-state index in [1.54, 1.807) is 4.01 Å². The molecule has 1 aliphatic rings. The lowest BCUT2D eigenvalue weighted by atomic mass is 10.2. The van der Waals surface area contributed by atoms with E-state index in [1.165, 1.54) is 10.2 Å². The van der Waals surface area contributed by atoms with Crippen molar-refractivity contribution in [2.75, 3.05) is 0 Å². The number of carbonyl (C=O) groups excluding carboxylic acids is 1. The van der Waals surface area contributed by atoms with E-state index in [1.807, 2.05) is 0 Å². The van der Waals surface area contributed by atoms with Crippen LogP contribution in [0.4, 0.5) is 4.39 Å². The Balaban J connectivity index is 2.98. The first-order chi connectivity index (χ1) is 4.72. The average Bonchev–Trinajstić information content (AvgIpc) is 1.88. The number of allylic oxidation sites excluding steroid dienone is 1. The van der Waals surface area contributed by atoms with Gasteiger partial charge in [-0.3, -0.25) is 4.79 Å². The van der Waals surface area contributed by atoms with Crippen LogP contribution in [0.1, 0.15) is 0 Å². The van der Waals surface area contributed by atoms with Crippen molar-refractivity contribution >= 4 is 30.6 Å². The summed E-state index contributed by atoms with van der Waals surface area (Å²) in [6.07, 6.45) is 1.45. The zero-order valence-corrected chi connectivity index (χ0v) is 7.13. The van der Waals surface area contributed by atoms with E-state index >= 15 is 0 Å². The van der Waals surface area contributed by atoms with Gasteiger partial charge in [0.15, 0.2) is 0 Å². The third-order valence-electron chi connectivity index (χ3n) is 0.984. The van der Waals surface area contributed by atoms with Gasteiger partial charge in [-0.15, -0.1) is 0 Å². The van der Waals surface area contributed by atoms with Gasteiger partial charge in [-0.25, -0.2) is 4.39 Å². The van der Waals surface area contributed by atoms with E-state index in [9.17, 15) is 9.18 Å². The van der Waals surface area contributed by atoms with Crippen LogP contribution in [0.25, 0.3) is 0 Å². The molecule has 2 nitrogen and oxygen atoms in total. The summed E-state index contributed by atoms with van der Waals surface area (Å²) in [7, 11) is 0. The number of halogens is 2. The molecule has 0 unspecified atom stereocenters. The molecule has 4 heteroatoms. The Kier molecular flexibility index (Phi) is 2.31. The van der Waals surface area contributed by atoms with Gasteiger partial charge in [0.1, 0.15) is 5.83 Å². The van der Waals surface area contributed by atoms with Gasteiger partial charge < -0.3 is 5.73 Å². The lowest BCUT2D eigenvalue weighted by molar-refractivity contribution is -0.114. The zero-order valence-electron chi connectivity index (χ0n) is 4.97. The van der Waals surface area contributed by atoms with E-state index in [4.69, 9.17) is 5.73 Å². The number of carbonyl (C=O) groups is 1. The molecule has 0 aromatic rings. The molecule has 1 amide bonds. The number of hydrogen-bond acceptors (Lipinski definition) is 1. The number of rotatable bonds is 1. The summed E-state index contributed by atoms with van der Waals surface area (Å²) < 4.78 is 15.8. The fourth-order valence-electron chi connectivity index (χ4n) is 0.529. The predicted octanol–water partition coefficient (Wildman–Crippen LogP) is 0.996. The Morgan fingerprint density at radius 2 is 2.40 bits per heavy atom. The van der Waals surface area contributed by atoms with Crippen molar-refractivity contribution < 1.29 is 9.18 Å². The van der Waals surface area contributed by atoms with Crippen LogP contribution in [0.2, 0.25) is 0 Å². The molecule has 0 aromatic carbocycles. The molecule has 0 saturated carbocycles. The van der Waals surface area contributed by atoms with Crippen molar-refractivity contribution in [2.45, 2.75) is 0 Å². The number of primary amides is 1. The minimum absolute atomic E-state index is 0.00838. The molecule has 0 radical (unpaired) electrons. The smallest absolute Gasteiger partial charge is 0.251 e. The second kappa shape index (κ2) is 3.05. The maximum Gasteiger partial charge on any atom is 0.251 e. The number of amides is 1. The monoisotopic (exact) mass is 253 g/mol. The molecule has 0 fully saturated rings. The van der Waals surface area contributed by atoms with Gasteiger partial charge in [0.25, 0.3) is 5.91 Å². The Labute approximate surface area is 67.3 Å².